The number of halogens is 4. The summed E-state index contributed by atoms with van der Waals surface area (Å²) in [4.78, 5) is -0.504. The van der Waals surface area contributed by atoms with Crippen molar-refractivity contribution in [2.45, 2.75) is 18.0 Å². The Morgan fingerprint density at radius 2 is 1.83 bits per heavy atom. The Kier molecular flexibility index (Phi) is 5.44. The lowest BCUT2D eigenvalue weighted by atomic mass is 10.2. The fourth-order valence-electron chi connectivity index (χ4n) is 1.92. The average molecular weight is 424 g/mol. The van der Waals surface area contributed by atoms with Crippen LogP contribution < -0.4 is 9.46 Å². The van der Waals surface area contributed by atoms with Crippen molar-refractivity contribution >= 4 is 31.6 Å². The molecule has 1 N–H and O–H groups in total. The third kappa shape index (κ3) is 4.41. The summed E-state index contributed by atoms with van der Waals surface area (Å²) in [6.45, 7) is 2.04. The zero-order valence-corrected chi connectivity index (χ0v) is 14.8. The van der Waals surface area contributed by atoms with Crippen molar-refractivity contribution in [2.24, 2.45) is 0 Å². The lowest BCUT2D eigenvalue weighted by molar-refractivity contribution is -0.137. The molecule has 0 aliphatic carbocycles. The van der Waals surface area contributed by atoms with Crippen LogP contribution >= 0.6 is 15.9 Å². The number of para-hydroxylation sites is 2. The molecule has 0 heterocycles. The first kappa shape index (κ1) is 18.6. The predicted octanol–water partition coefficient (Wildman–Crippen LogP) is 4.67. The number of rotatable bonds is 5. The number of nitrogens with one attached hydrogen (secondary N) is 1. The van der Waals surface area contributed by atoms with Gasteiger partial charge in [-0.2, -0.15) is 13.2 Å². The van der Waals surface area contributed by atoms with E-state index < -0.39 is 26.7 Å². The van der Waals surface area contributed by atoms with Gasteiger partial charge in [-0.05, 0) is 37.3 Å². The van der Waals surface area contributed by atoms with Crippen LogP contribution in [-0.4, -0.2) is 15.0 Å². The van der Waals surface area contributed by atoms with Crippen LogP contribution in [0.2, 0.25) is 0 Å². The highest BCUT2D eigenvalue weighted by atomic mass is 79.9. The standard InChI is InChI=1S/C15H13BrF3NO3S/c1-2-23-14-6-4-3-5-13(14)20-24(21,22)12-8-10(15(17,18)19)7-11(16)9-12/h3-9,20H,2H2,1H3. The minimum Gasteiger partial charge on any atom is -0.492 e. The van der Waals surface area contributed by atoms with E-state index in [2.05, 4.69) is 20.7 Å². The van der Waals surface area contributed by atoms with Crippen molar-refractivity contribution in [1.82, 2.24) is 0 Å². The Bertz CT molecular complexity index is 838. The third-order valence-electron chi connectivity index (χ3n) is 2.94. The highest BCUT2D eigenvalue weighted by molar-refractivity contribution is 9.10. The van der Waals surface area contributed by atoms with Crippen molar-refractivity contribution in [2.75, 3.05) is 11.3 Å². The van der Waals surface area contributed by atoms with E-state index in [0.29, 0.717) is 12.7 Å². The Labute approximate surface area is 145 Å². The summed E-state index contributed by atoms with van der Waals surface area (Å²) in [6, 6.07) is 8.76. The smallest absolute Gasteiger partial charge is 0.416 e. The Morgan fingerprint density at radius 3 is 2.46 bits per heavy atom. The molecule has 0 amide bonds. The molecule has 0 atom stereocenters. The molecular formula is C15H13BrF3NO3S. The van der Waals surface area contributed by atoms with Gasteiger partial charge in [-0.1, -0.05) is 28.1 Å². The summed E-state index contributed by atoms with van der Waals surface area (Å²) in [5.74, 6) is 0.287. The van der Waals surface area contributed by atoms with Crippen LogP contribution in [0.25, 0.3) is 0 Å². The van der Waals surface area contributed by atoms with Gasteiger partial charge in [0.15, 0.2) is 0 Å². The van der Waals surface area contributed by atoms with Crippen LogP contribution in [0.15, 0.2) is 51.8 Å². The molecule has 2 aromatic carbocycles. The maximum Gasteiger partial charge on any atom is 0.416 e. The minimum atomic E-state index is -4.66. The van der Waals surface area contributed by atoms with E-state index in [1.165, 1.54) is 6.07 Å². The molecule has 9 heteroatoms. The van der Waals surface area contributed by atoms with Crippen LogP contribution in [0.4, 0.5) is 18.9 Å². The van der Waals surface area contributed by atoms with Crippen molar-refractivity contribution in [3.8, 4) is 5.75 Å². The van der Waals surface area contributed by atoms with E-state index >= 15 is 0 Å². The zero-order valence-electron chi connectivity index (χ0n) is 12.4. The van der Waals surface area contributed by atoms with E-state index in [9.17, 15) is 21.6 Å². The van der Waals surface area contributed by atoms with E-state index in [1.54, 1.807) is 25.1 Å². The predicted molar refractivity (Wildman–Crippen MR) is 87.6 cm³/mol. The van der Waals surface area contributed by atoms with Gasteiger partial charge in [-0.25, -0.2) is 8.42 Å². The highest BCUT2D eigenvalue weighted by Crippen LogP contribution is 2.34. The lowest BCUT2D eigenvalue weighted by Gasteiger charge is -2.14. The van der Waals surface area contributed by atoms with Gasteiger partial charge < -0.3 is 4.74 Å². The summed E-state index contributed by atoms with van der Waals surface area (Å²) in [7, 11) is -4.22. The highest BCUT2D eigenvalue weighted by Gasteiger charge is 2.32. The molecule has 0 unspecified atom stereocenters. The largest absolute Gasteiger partial charge is 0.492 e. The first-order valence-corrected chi connectivity index (χ1v) is 9.03. The summed E-state index contributed by atoms with van der Waals surface area (Å²) in [6.07, 6.45) is -4.66. The number of ether oxygens (including phenoxy) is 1. The van der Waals surface area contributed by atoms with Crippen molar-refractivity contribution in [3.63, 3.8) is 0 Å². The van der Waals surface area contributed by atoms with Gasteiger partial charge in [0.2, 0.25) is 0 Å². The van der Waals surface area contributed by atoms with E-state index in [0.717, 1.165) is 12.1 Å². The second-order valence-corrected chi connectivity index (χ2v) is 7.31. The SMILES string of the molecule is CCOc1ccccc1NS(=O)(=O)c1cc(Br)cc(C(F)(F)F)c1. The molecule has 0 spiro atoms. The molecule has 0 bridgehead atoms. The lowest BCUT2D eigenvalue weighted by Crippen LogP contribution is -2.15. The first-order chi connectivity index (χ1) is 11.1. The van der Waals surface area contributed by atoms with Crippen LogP contribution in [0, 0.1) is 0 Å². The molecule has 0 aromatic heterocycles. The van der Waals surface area contributed by atoms with Gasteiger partial charge in [-0.3, -0.25) is 4.72 Å². The maximum absolute atomic E-state index is 12.9. The molecule has 24 heavy (non-hydrogen) atoms. The molecule has 0 aliphatic rings. The fraction of sp³-hybridized carbons (Fsp3) is 0.200. The summed E-state index contributed by atoms with van der Waals surface area (Å²) < 4.78 is 71.1. The van der Waals surface area contributed by atoms with Gasteiger partial charge >= 0.3 is 6.18 Å². The molecule has 2 aromatic rings. The van der Waals surface area contributed by atoms with Gasteiger partial charge in [-0.15, -0.1) is 0 Å². The zero-order chi connectivity index (χ0) is 18.0. The molecule has 0 fully saturated rings. The normalized spacial score (nSPS) is 12.0. The monoisotopic (exact) mass is 423 g/mol. The van der Waals surface area contributed by atoms with E-state index in [4.69, 9.17) is 4.74 Å². The molecule has 0 radical (unpaired) electrons. The number of hydrogen-bond donors (Lipinski definition) is 1. The van der Waals surface area contributed by atoms with Crippen molar-refractivity contribution in [3.05, 3.63) is 52.5 Å². The Morgan fingerprint density at radius 1 is 1.17 bits per heavy atom. The van der Waals surface area contributed by atoms with Crippen LogP contribution in [0.5, 0.6) is 5.75 Å². The summed E-state index contributed by atoms with van der Waals surface area (Å²) in [5.41, 5.74) is -0.914. The number of alkyl halides is 3. The molecular weight excluding hydrogens is 411 g/mol. The fourth-order valence-corrected chi connectivity index (χ4v) is 3.70. The second kappa shape index (κ2) is 7.02. The van der Waals surface area contributed by atoms with E-state index in [1.807, 2.05) is 0 Å². The maximum atomic E-state index is 12.9. The van der Waals surface area contributed by atoms with Crippen LogP contribution in [-0.2, 0) is 16.2 Å². The van der Waals surface area contributed by atoms with Crippen molar-refractivity contribution < 1.29 is 26.3 Å². The van der Waals surface area contributed by atoms with Gasteiger partial charge in [0, 0.05) is 4.47 Å². The third-order valence-corrected chi connectivity index (χ3v) is 4.74. The summed E-state index contributed by atoms with van der Waals surface area (Å²) in [5, 5.41) is 0. The topological polar surface area (TPSA) is 55.4 Å². The van der Waals surface area contributed by atoms with Crippen LogP contribution in [0.3, 0.4) is 0 Å². The van der Waals surface area contributed by atoms with Crippen molar-refractivity contribution in [1.29, 1.82) is 0 Å². The summed E-state index contributed by atoms with van der Waals surface area (Å²) >= 11 is 2.91. The first-order valence-electron chi connectivity index (χ1n) is 6.76. The Balaban J connectivity index is 2.44. The van der Waals surface area contributed by atoms with Crippen LogP contribution in [0.1, 0.15) is 12.5 Å². The average Bonchev–Trinajstić information content (AvgIpc) is 2.48. The molecule has 4 nitrogen and oxygen atoms in total. The van der Waals surface area contributed by atoms with Gasteiger partial charge in [0.05, 0.1) is 22.8 Å². The Hall–Kier alpha value is -1.74. The molecule has 130 valence electrons. The quantitative estimate of drug-likeness (QED) is 0.760. The number of anilines is 1. The number of hydrogen-bond acceptors (Lipinski definition) is 3. The molecule has 0 saturated heterocycles. The molecule has 0 aliphatic heterocycles. The van der Waals surface area contributed by atoms with Gasteiger partial charge in [0.25, 0.3) is 10.0 Å². The number of sulfonamides is 1. The number of benzene rings is 2. The molecule has 0 saturated carbocycles. The second-order valence-electron chi connectivity index (χ2n) is 4.71. The molecule has 2 rings (SSSR count). The minimum absolute atomic E-state index is 0.00999. The van der Waals surface area contributed by atoms with E-state index in [-0.39, 0.29) is 15.9 Å². The van der Waals surface area contributed by atoms with Gasteiger partial charge in [0.1, 0.15) is 5.75 Å².